The Labute approximate surface area is 188 Å². The van der Waals surface area contributed by atoms with Gasteiger partial charge in [-0.15, -0.1) is 5.53 Å². The molecule has 9 heteroatoms. The average Bonchev–Trinajstić information content (AvgIpc) is 3.45. The summed E-state index contributed by atoms with van der Waals surface area (Å²) >= 11 is 0. The van der Waals surface area contributed by atoms with Crippen LogP contribution in [0, 0.1) is 0 Å². The highest BCUT2D eigenvalue weighted by Gasteiger charge is 2.25. The molecule has 0 unspecified atom stereocenters. The molecular formula is C24H22N6O3. The number of nitrogens with zero attached hydrogens (tertiary/aromatic N) is 3. The summed E-state index contributed by atoms with van der Waals surface area (Å²) in [5.41, 5.74) is 13.6. The Hall–Kier alpha value is -4.11. The van der Waals surface area contributed by atoms with E-state index in [4.69, 9.17) is 10.1 Å². The van der Waals surface area contributed by atoms with Crippen LogP contribution in [0.1, 0.15) is 29.7 Å². The van der Waals surface area contributed by atoms with Crippen LogP contribution in [0.5, 0.6) is 5.75 Å². The third-order valence-electron chi connectivity index (χ3n) is 6.32. The van der Waals surface area contributed by atoms with Crippen molar-refractivity contribution >= 4 is 33.5 Å². The number of hydrogen-bond donors (Lipinski definition) is 5. The van der Waals surface area contributed by atoms with Crippen molar-refractivity contribution in [3.8, 4) is 17.0 Å². The first kappa shape index (κ1) is 19.6. The Bertz CT molecular complexity index is 1440. The Balaban J connectivity index is 1.58. The number of H-pyrrole nitrogens is 1. The number of aryl methyl sites for hydroxylation is 1. The molecule has 9 nitrogen and oxygen atoms in total. The van der Waals surface area contributed by atoms with E-state index in [1.165, 1.54) is 16.1 Å². The third-order valence-corrected chi connectivity index (χ3v) is 6.32. The fourth-order valence-electron chi connectivity index (χ4n) is 4.89. The number of phenolic OH excluding ortho intramolecular Hbond substituents is 1. The molecule has 0 saturated heterocycles. The Morgan fingerprint density at radius 1 is 1.00 bits per heavy atom. The normalized spacial score (nSPS) is 15.5. The molecule has 0 amide bonds. The number of aromatic amines is 1. The fourth-order valence-corrected chi connectivity index (χ4v) is 4.89. The van der Waals surface area contributed by atoms with Gasteiger partial charge < -0.3 is 15.6 Å². The third kappa shape index (κ3) is 3.25. The molecule has 1 aliphatic heterocycles. The second-order valence-electron chi connectivity index (χ2n) is 8.43. The van der Waals surface area contributed by atoms with Gasteiger partial charge in [0.25, 0.3) is 0 Å². The maximum absolute atomic E-state index is 11.1. The number of benzene rings is 2. The Morgan fingerprint density at radius 3 is 2.58 bits per heavy atom. The molecule has 0 radical (unpaired) electrons. The predicted octanol–water partition coefficient (Wildman–Crippen LogP) is 3.07. The molecule has 33 heavy (non-hydrogen) atoms. The van der Waals surface area contributed by atoms with Crippen molar-refractivity contribution in [2.75, 3.05) is 6.54 Å². The maximum atomic E-state index is 11.1. The second-order valence-corrected chi connectivity index (χ2v) is 8.43. The van der Waals surface area contributed by atoms with Crippen molar-refractivity contribution in [3.05, 3.63) is 59.4 Å². The van der Waals surface area contributed by atoms with Gasteiger partial charge in [-0.2, -0.15) is 5.10 Å². The molecule has 5 N–H and O–H groups in total. The highest BCUT2D eigenvalue weighted by molar-refractivity contribution is 6.12. The number of rotatable bonds is 4. The lowest BCUT2D eigenvalue weighted by atomic mass is 9.85. The van der Waals surface area contributed by atoms with Crippen molar-refractivity contribution in [2.45, 2.75) is 25.7 Å². The summed E-state index contributed by atoms with van der Waals surface area (Å²) in [7, 11) is 0. The van der Waals surface area contributed by atoms with E-state index >= 15 is 0 Å². The van der Waals surface area contributed by atoms with Crippen LogP contribution in [0.3, 0.4) is 0 Å². The van der Waals surface area contributed by atoms with Crippen molar-refractivity contribution in [1.82, 2.24) is 31.2 Å². The first-order valence-corrected chi connectivity index (χ1v) is 10.9. The van der Waals surface area contributed by atoms with E-state index in [0.29, 0.717) is 5.70 Å². The number of aromatic nitrogens is 3. The summed E-state index contributed by atoms with van der Waals surface area (Å²) in [5, 5.41) is 30.0. The van der Waals surface area contributed by atoms with Crippen LogP contribution in [0.4, 0.5) is 0 Å². The summed E-state index contributed by atoms with van der Waals surface area (Å²) < 4.78 is 0. The standard InChI is InChI=1S/C24H22N6O3/c31-14-7-5-13(6-8-14)23-16-4-2-1-3-15(16)21-17(25-23)9-10-18-22(21)24(28-26-18)19-11-30(29-27-19)12-20(32)33/h5-11,27,29,31H,1-4,12H2,(H,26,28)(H,32,33). The number of carboxylic acids is 1. The van der Waals surface area contributed by atoms with Crippen molar-refractivity contribution in [1.29, 1.82) is 0 Å². The van der Waals surface area contributed by atoms with Crippen LogP contribution < -0.4 is 11.0 Å². The maximum Gasteiger partial charge on any atom is 0.324 e. The molecule has 4 aromatic rings. The highest BCUT2D eigenvalue weighted by atomic mass is 16.4. The Morgan fingerprint density at radius 2 is 1.79 bits per heavy atom. The van der Waals surface area contributed by atoms with Gasteiger partial charge in [0.05, 0.1) is 22.4 Å². The minimum absolute atomic E-state index is 0.174. The topological polar surface area (TPSA) is 126 Å². The second kappa shape index (κ2) is 7.49. The van der Waals surface area contributed by atoms with Gasteiger partial charge >= 0.3 is 5.97 Å². The molecule has 2 aromatic heterocycles. The number of nitrogens with one attached hydrogen (secondary N) is 3. The smallest absolute Gasteiger partial charge is 0.324 e. The first-order chi connectivity index (χ1) is 16.1. The zero-order valence-electron chi connectivity index (χ0n) is 17.7. The number of hydrazine groups is 2. The number of fused-ring (bicyclic) bond motifs is 5. The predicted molar refractivity (Wildman–Crippen MR) is 124 cm³/mol. The lowest BCUT2D eigenvalue weighted by molar-refractivity contribution is -0.138. The summed E-state index contributed by atoms with van der Waals surface area (Å²) in [5.74, 6) is -0.694. The van der Waals surface area contributed by atoms with Gasteiger partial charge in [0.15, 0.2) is 0 Å². The van der Waals surface area contributed by atoms with Crippen LogP contribution >= 0.6 is 0 Å². The number of carbonyl (C=O) groups is 1. The SMILES string of the molecule is O=C(O)CN1C=C(c2n[nH]c3ccc4nc(-c5ccc(O)cc5)c5c(c4c23)CCCC5)NN1. The van der Waals surface area contributed by atoms with Crippen molar-refractivity contribution in [2.24, 2.45) is 0 Å². The Kier molecular flexibility index (Phi) is 4.44. The molecule has 0 atom stereocenters. The molecule has 0 fully saturated rings. The fraction of sp³-hybridized carbons (Fsp3) is 0.208. The lowest BCUT2D eigenvalue weighted by Gasteiger charge is -2.22. The van der Waals surface area contributed by atoms with Gasteiger partial charge in [-0.1, -0.05) is 0 Å². The van der Waals surface area contributed by atoms with Crippen LogP contribution in [0.15, 0.2) is 42.6 Å². The van der Waals surface area contributed by atoms with Crippen LogP contribution in [0.2, 0.25) is 0 Å². The molecule has 2 aromatic carbocycles. The molecular weight excluding hydrogens is 420 g/mol. The number of carboxylic acid groups (broad SMARTS) is 1. The van der Waals surface area contributed by atoms with Gasteiger partial charge in [0.1, 0.15) is 18.0 Å². The number of phenols is 1. The number of aliphatic carboxylic acids is 1. The van der Waals surface area contributed by atoms with Gasteiger partial charge in [0.2, 0.25) is 0 Å². The number of pyridine rings is 1. The van der Waals surface area contributed by atoms with E-state index in [2.05, 4.69) is 21.2 Å². The minimum atomic E-state index is -0.931. The molecule has 6 rings (SSSR count). The summed E-state index contributed by atoms with van der Waals surface area (Å²) in [4.78, 5) is 16.2. The van der Waals surface area contributed by atoms with Gasteiger partial charge in [0, 0.05) is 22.5 Å². The minimum Gasteiger partial charge on any atom is -0.508 e. The molecule has 2 aliphatic rings. The molecule has 1 aliphatic carbocycles. The van der Waals surface area contributed by atoms with Gasteiger partial charge in [-0.05, 0) is 73.2 Å². The van der Waals surface area contributed by atoms with E-state index in [1.54, 1.807) is 18.3 Å². The van der Waals surface area contributed by atoms with E-state index < -0.39 is 5.97 Å². The zero-order valence-corrected chi connectivity index (χ0v) is 17.7. The average molecular weight is 442 g/mol. The summed E-state index contributed by atoms with van der Waals surface area (Å²) in [6, 6.07) is 11.2. The van der Waals surface area contributed by atoms with Crippen molar-refractivity contribution < 1.29 is 15.0 Å². The summed E-state index contributed by atoms with van der Waals surface area (Å²) in [6.07, 6.45) is 5.85. The molecule has 0 bridgehead atoms. The van der Waals surface area contributed by atoms with Crippen molar-refractivity contribution in [3.63, 3.8) is 0 Å². The number of aromatic hydroxyl groups is 1. The van der Waals surface area contributed by atoms with E-state index in [0.717, 1.165) is 64.4 Å². The zero-order chi connectivity index (χ0) is 22.5. The van der Waals surface area contributed by atoms with E-state index in [9.17, 15) is 9.90 Å². The van der Waals surface area contributed by atoms with Crippen LogP contribution in [-0.2, 0) is 17.6 Å². The molecule has 0 spiro atoms. The first-order valence-electron chi connectivity index (χ1n) is 10.9. The summed E-state index contributed by atoms with van der Waals surface area (Å²) in [6.45, 7) is -0.174. The van der Waals surface area contributed by atoms with Gasteiger partial charge in [-0.25, -0.2) is 4.98 Å². The lowest BCUT2D eigenvalue weighted by Crippen LogP contribution is -2.39. The van der Waals surface area contributed by atoms with Crippen LogP contribution in [-0.4, -0.2) is 42.9 Å². The van der Waals surface area contributed by atoms with Crippen LogP contribution in [0.25, 0.3) is 38.8 Å². The van der Waals surface area contributed by atoms with E-state index in [-0.39, 0.29) is 12.3 Å². The largest absolute Gasteiger partial charge is 0.508 e. The van der Waals surface area contributed by atoms with E-state index in [1.807, 2.05) is 24.3 Å². The molecule has 166 valence electrons. The molecule has 0 saturated carbocycles. The quantitative estimate of drug-likeness (QED) is 0.326. The number of hydrogen-bond acceptors (Lipinski definition) is 7. The van der Waals surface area contributed by atoms with Gasteiger partial charge in [-0.3, -0.25) is 14.9 Å². The highest BCUT2D eigenvalue weighted by Crippen LogP contribution is 2.39. The monoisotopic (exact) mass is 442 g/mol. The molecule has 3 heterocycles.